The Hall–Kier alpha value is -5.52. The molecule has 0 saturated carbocycles. The zero-order valence-electron chi connectivity index (χ0n) is 21.9. The molecule has 0 aliphatic carbocycles. The van der Waals surface area contributed by atoms with Crippen LogP contribution < -0.4 is 25.0 Å². The second-order valence-electron chi connectivity index (χ2n) is 8.45. The fourth-order valence-electron chi connectivity index (χ4n) is 3.82. The lowest BCUT2D eigenvalue weighted by atomic mass is 10.1. The molecule has 1 heterocycles. The largest absolute Gasteiger partial charge is 0.490 e. The van der Waals surface area contributed by atoms with E-state index in [1.807, 2.05) is 0 Å². The third-order valence-corrected chi connectivity index (χ3v) is 5.73. The molecule has 1 saturated heterocycles. The average Bonchev–Trinajstić information content (AvgIpc) is 2.96. The number of carbonyl (C=O) groups excluding carboxylic acids is 5. The molecule has 0 bridgehead atoms. The van der Waals surface area contributed by atoms with Gasteiger partial charge in [-0.1, -0.05) is 18.2 Å². The first-order chi connectivity index (χ1) is 19.7. The van der Waals surface area contributed by atoms with Crippen molar-refractivity contribution in [3.63, 3.8) is 0 Å². The van der Waals surface area contributed by atoms with Crippen LogP contribution in [0.15, 0.2) is 72.3 Å². The molecule has 1 fully saturated rings. The number of imide groups is 2. The number of halogens is 1. The van der Waals surface area contributed by atoms with E-state index in [0.29, 0.717) is 5.56 Å². The maximum Gasteiger partial charge on any atom is 0.337 e. The van der Waals surface area contributed by atoms with Crippen LogP contribution in [0.1, 0.15) is 22.8 Å². The summed E-state index contributed by atoms with van der Waals surface area (Å²) in [5.74, 6) is -3.15. The molecule has 0 radical (unpaired) electrons. The van der Waals surface area contributed by atoms with Gasteiger partial charge in [-0.25, -0.2) is 18.9 Å². The predicted molar refractivity (Wildman–Crippen MR) is 145 cm³/mol. The number of amides is 5. The van der Waals surface area contributed by atoms with Gasteiger partial charge in [-0.2, -0.15) is 0 Å². The van der Waals surface area contributed by atoms with Crippen molar-refractivity contribution in [2.45, 2.75) is 6.92 Å². The molecule has 5 amide bonds. The van der Waals surface area contributed by atoms with Gasteiger partial charge in [0.25, 0.3) is 17.7 Å². The highest BCUT2D eigenvalue weighted by molar-refractivity contribution is 6.39. The molecule has 0 unspecified atom stereocenters. The third kappa shape index (κ3) is 6.56. The smallest absolute Gasteiger partial charge is 0.337 e. The van der Waals surface area contributed by atoms with Crippen molar-refractivity contribution >= 4 is 47.2 Å². The number of rotatable bonds is 9. The molecule has 12 heteroatoms. The topological polar surface area (TPSA) is 140 Å². The molecular weight excluding hydrogens is 537 g/mol. The normalized spacial score (nSPS) is 14.0. The lowest BCUT2D eigenvalue weighted by Gasteiger charge is -2.26. The maximum atomic E-state index is 13.8. The first-order valence-electron chi connectivity index (χ1n) is 12.3. The van der Waals surface area contributed by atoms with Crippen molar-refractivity contribution in [1.29, 1.82) is 0 Å². The lowest BCUT2D eigenvalue weighted by Crippen LogP contribution is -2.54. The number of nitrogens with one attached hydrogen (secondary N) is 2. The first kappa shape index (κ1) is 28.5. The van der Waals surface area contributed by atoms with Crippen molar-refractivity contribution in [3.05, 3.63) is 89.2 Å². The summed E-state index contributed by atoms with van der Waals surface area (Å²) < 4.78 is 29.6. The monoisotopic (exact) mass is 561 g/mol. The summed E-state index contributed by atoms with van der Waals surface area (Å²) in [6, 6.07) is 14.7. The van der Waals surface area contributed by atoms with Crippen LogP contribution in [0.25, 0.3) is 6.08 Å². The number of methoxy groups -OCH3 is 1. The Labute approximate surface area is 233 Å². The zero-order valence-corrected chi connectivity index (χ0v) is 21.9. The highest BCUT2D eigenvalue weighted by atomic mass is 19.1. The van der Waals surface area contributed by atoms with E-state index in [2.05, 4.69) is 15.4 Å². The minimum absolute atomic E-state index is 0.00969. The molecule has 4 rings (SSSR count). The summed E-state index contributed by atoms with van der Waals surface area (Å²) in [4.78, 5) is 63.0. The number of hydrogen-bond acceptors (Lipinski definition) is 8. The quantitative estimate of drug-likeness (QED) is 0.229. The number of hydrogen-bond donors (Lipinski definition) is 2. The van der Waals surface area contributed by atoms with Gasteiger partial charge in [0.15, 0.2) is 18.1 Å². The molecule has 11 nitrogen and oxygen atoms in total. The number of nitrogens with zero attached hydrogens (tertiary/aromatic N) is 1. The predicted octanol–water partition coefficient (Wildman–Crippen LogP) is 3.69. The van der Waals surface area contributed by atoms with Crippen LogP contribution in [-0.4, -0.2) is 50.0 Å². The Morgan fingerprint density at radius 1 is 0.976 bits per heavy atom. The summed E-state index contributed by atoms with van der Waals surface area (Å²) in [6.07, 6.45) is 1.27. The second-order valence-corrected chi connectivity index (χ2v) is 8.45. The number of ether oxygens (including phenoxy) is 3. The van der Waals surface area contributed by atoms with Crippen LogP contribution in [0.3, 0.4) is 0 Å². The van der Waals surface area contributed by atoms with Crippen LogP contribution in [0.2, 0.25) is 0 Å². The van der Waals surface area contributed by atoms with Crippen LogP contribution in [0.4, 0.5) is 20.6 Å². The Kier molecular flexibility index (Phi) is 8.72. The maximum absolute atomic E-state index is 13.8. The molecule has 210 valence electrons. The fourth-order valence-corrected chi connectivity index (χ4v) is 3.82. The Balaban J connectivity index is 1.53. The average molecular weight is 562 g/mol. The Morgan fingerprint density at radius 2 is 1.71 bits per heavy atom. The number of esters is 1. The van der Waals surface area contributed by atoms with Crippen molar-refractivity contribution in [1.82, 2.24) is 5.32 Å². The summed E-state index contributed by atoms with van der Waals surface area (Å²) in [7, 11) is 1.22. The van der Waals surface area contributed by atoms with Gasteiger partial charge in [0.05, 0.1) is 30.7 Å². The standard InChI is InChI=1S/C29H24FN3O8/c1-3-40-24-15-17(8-13-23(24)41-16-25(34)31-22-7-5-4-6-21(22)30)14-20-26(35)32-29(38)33(27(20)36)19-11-9-18(10-12-19)28(37)39-2/h4-15H,3,16H2,1-2H3,(H,31,34)(H,32,35,38)/b20-14-. The van der Waals surface area contributed by atoms with Gasteiger partial charge < -0.3 is 19.5 Å². The van der Waals surface area contributed by atoms with E-state index in [9.17, 15) is 28.4 Å². The molecule has 0 atom stereocenters. The van der Waals surface area contributed by atoms with E-state index in [0.717, 1.165) is 4.90 Å². The van der Waals surface area contributed by atoms with E-state index in [1.165, 1.54) is 73.8 Å². The minimum Gasteiger partial charge on any atom is -0.490 e. The number of carbonyl (C=O) groups is 5. The Bertz CT molecular complexity index is 1550. The summed E-state index contributed by atoms with van der Waals surface area (Å²) in [5, 5.41) is 4.54. The minimum atomic E-state index is -0.949. The number of urea groups is 1. The van der Waals surface area contributed by atoms with Gasteiger partial charge >= 0.3 is 12.0 Å². The highest BCUT2D eigenvalue weighted by Crippen LogP contribution is 2.30. The molecule has 1 aliphatic heterocycles. The molecule has 41 heavy (non-hydrogen) atoms. The van der Waals surface area contributed by atoms with Crippen molar-refractivity contribution in [2.75, 3.05) is 30.5 Å². The summed E-state index contributed by atoms with van der Waals surface area (Å²) >= 11 is 0. The molecule has 0 spiro atoms. The molecular formula is C29H24FN3O8. The number of para-hydroxylation sites is 1. The first-order valence-corrected chi connectivity index (χ1v) is 12.3. The molecule has 1 aliphatic rings. The SMILES string of the molecule is CCOc1cc(/C=C2/C(=O)NC(=O)N(c3ccc(C(=O)OC)cc3)C2=O)ccc1OCC(=O)Nc1ccccc1F. The van der Waals surface area contributed by atoms with E-state index < -0.39 is 42.1 Å². The van der Waals surface area contributed by atoms with Crippen molar-refractivity contribution in [3.8, 4) is 11.5 Å². The molecule has 2 N–H and O–H groups in total. The number of barbiturate groups is 1. The van der Waals surface area contributed by atoms with Gasteiger partial charge in [0.2, 0.25) is 0 Å². The number of anilines is 2. The lowest BCUT2D eigenvalue weighted by molar-refractivity contribution is -0.122. The van der Waals surface area contributed by atoms with E-state index in [4.69, 9.17) is 9.47 Å². The van der Waals surface area contributed by atoms with E-state index in [1.54, 1.807) is 13.0 Å². The van der Waals surface area contributed by atoms with Gasteiger partial charge in [0, 0.05) is 0 Å². The van der Waals surface area contributed by atoms with Crippen molar-refractivity contribution < 1.29 is 42.6 Å². The van der Waals surface area contributed by atoms with Gasteiger partial charge in [-0.3, -0.25) is 19.7 Å². The fraction of sp³-hybridized carbons (Fsp3) is 0.138. The molecule has 0 aromatic heterocycles. The van der Waals surface area contributed by atoms with E-state index in [-0.39, 0.29) is 40.6 Å². The summed E-state index contributed by atoms with van der Waals surface area (Å²) in [5.41, 5.74) is 0.386. The second kappa shape index (κ2) is 12.6. The van der Waals surface area contributed by atoms with Crippen LogP contribution in [0.5, 0.6) is 11.5 Å². The van der Waals surface area contributed by atoms with Crippen molar-refractivity contribution in [2.24, 2.45) is 0 Å². The van der Waals surface area contributed by atoms with Crippen LogP contribution >= 0.6 is 0 Å². The van der Waals surface area contributed by atoms with Crippen LogP contribution in [-0.2, 0) is 19.1 Å². The number of benzene rings is 3. The van der Waals surface area contributed by atoms with E-state index >= 15 is 0 Å². The van der Waals surface area contributed by atoms with Gasteiger partial charge in [-0.15, -0.1) is 0 Å². The van der Waals surface area contributed by atoms with Gasteiger partial charge in [-0.05, 0) is 67.1 Å². The highest BCUT2D eigenvalue weighted by Gasteiger charge is 2.37. The zero-order chi connectivity index (χ0) is 29.5. The molecule has 3 aromatic carbocycles. The van der Waals surface area contributed by atoms with Gasteiger partial charge in [0.1, 0.15) is 11.4 Å². The third-order valence-electron chi connectivity index (χ3n) is 5.73. The Morgan fingerprint density at radius 3 is 2.39 bits per heavy atom. The molecule has 3 aromatic rings. The van der Waals surface area contributed by atoms with Crippen LogP contribution in [0, 0.1) is 5.82 Å². The summed E-state index contributed by atoms with van der Waals surface area (Å²) in [6.45, 7) is 1.52.